The van der Waals surface area contributed by atoms with Crippen LogP contribution >= 0.6 is 0 Å². The smallest absolute Gasteiger partial charge is 0.308 e. The Morgan fingerprint density at radius 1 is 0.738 bits per heavy atom. The maximum absolute atomic E-state index is 10.4. The number of ether oxygens (including phenoxy) is 4. The van der Waals surface area contributed by atoms with Gasteiger partial charge in [0.05, 0.1) is 6.10 Å². The molecule has 0 aliphatic heterocycles. The van der Waals surface area contributed by atoms with Gasteiger partial charge in [-0.25, -0.2) is 0 Å². The summed E-state index contributed by atoms with van der Waals surface area (Å²) in [5.41, 5.74) is 4.04. The van der Waals surface area contributed by atoms with Crippen LogP contribution in [0, 0.1) is 5.92 Å². The maximum atomic E-state index is 10.4. The molecule has 0 fully saturated rings. The van der Waals surface area contributed by atoms with E-state index in [0.717, 1.165) is 23.5 Å². The summed E-state index contributed by atoms with van der Waals surface area (Å²) in [4.78, 5) is 20.2. The molecule has 332 valence electrons. The van der Waals surface area contributed by atoms with Crippen molar-refractivity contribution in [3.63, 3.8) is 0 Å². The minimum absolute atomic E-state index is 0.0827. The Bertz CT molecular complexity index is 1870. The third-order valence-electron chi connectivity index (χ3n) is 7.21. The number of allylic oxidation sites excluding steroid dienone is 5. The molecule has 0 aromatic heterocycles. The highest BCUT2D eigenvalue weighted by molar-refractivity contribution is 5.69. The SMILES string of the molecule is C=C(C)C(O)Oc1ccc(C(C)c2ccc(O)cc2)cc1.C=C/C(=C\C=C/C)CC(C)OC.C=CC.CC(=O)Oc1cccc(O)c1.CC(C)C.O=COc1cccc(O)c1. The van der Waals surface area contributed by atoms with Crippen LogP contribution in [0.25, 0.3) is 0 Å². The summed E-state index contributed by atoms with van der Waals surface area (Å²) >= 11 is 0. The lowest BCUT2D eigenvalue weighted by Gasteiger charge is -2.16. The lowest BCUT2D eigenvalue weighted by molar-refractivity contribution is -0.131. The third-order valence-corrected chi connectivity index (χ3v) is 7.21. The van der Waals surface area contributed by atoms with Crippen LogP contribution in [0.3, 0.4) is 0 Å². The average Bonchev–Trinajstić information content (AvgIpc) is 3.20. The van der Waals surface area contributed by atoms with Crippen LogP contribution in [0.4, 0.5) is 0 Å². The van der Waals surface area contributed by atoms with Gasteiger partial charge >= 0.3 is 5.97 Å². The number of aromatic hydroxyl groups is 3. The molecule has 10 heteroatoms. The van der Waals surface area contributed by atoms with E-state index in [0.29, 0.717) is 29.3 Å². The summed E-state index contributed by atoms with van der Waals surface area (Å²) in [6.45, 7) is 28.6. The van der Waals surface area contributed by atoms with Crippen LogP contribution in [-0.2, 0) is 14.3 Å². The second-order valence-electron chi connectivity index (χ2n) is 13.9. The second kappa shape index (κ2) is 34.5. The van der Waals surface area contributed by atoms with Crippen molar-refractivity contribution in [2.24, 2.45) is 5.92 Å². The molecular weight excluding hydrogens is 773 g/mol. The highest BCUT2D eigenvalue weighted by Gasteiger charge is 2.10. The molecule has 0 amide bonds. The van der Waals surface area contributed by atoms with Gasteiger partial charge in [0.1, 0.15) is 34.5 Å². The number of carbonyl (C=O) groups excluding carboxylic acids is 2. The zero-order valence-corrected chi connectivity index (χ0v) is 37.6. The van der Waals surface area contributed by atoms with Gasteiger partial charge in [-0.15, -0.1) is 6.58 Å². The molecule has 0 bridgehead atoms. The Hall–Kier alpha value is -6.36. The van der Waals surface area contributed by atoms with Crippen molar-refractivity contribution >= 4 is 12.4 Å². The van der Waals surface area contributed by atoms with E-state index in [4.69, 9.17) is 24.4 Å². The highest BCUT2D eigenvalue weighted by Crippen LogP contribution is 2.27. The molecule has 0 heterocycles. The van der Waals surface area contributed by atoms with Crippen molar-refractivity contribution < 1.29 is 49.0 Å². The molecule has 3 unspecified atom stereocenters. The Kier molecular flexibility index (Phi) is 32.1. The van der Waals surface area contributed by atoms with Crippen LogP contribution in [0.5, 0.6) is 34.5 Å². The van der Waals surface area contributed by atoms with Gasteiger partial charge in [0.25, 0.3) is 6.47 Å². The number of methoxy groups -OCH3 is 1. The molecule has 0 radical (unpaired) electrons. The quantitative estimate of drug-likeness (QED) is 0.0256. The summed E-state index contributed by atoms with van der Waals surface area (Å²) in [6.07, 6.45) is 9.90. The zero-order chi connectivity index (χ0) is 46.8. The number of hydrogen-bond donors (Lipinski definition) is 4. The number of phenols is 3. The summed E-state index contributed by atoms with van der Waals surface area (Å²) in [7, 11) is 1.72. The molecule has 0 saturated heterocycles. The minimum atomic E-state index is -0.981. The normalized spacial score (nSPS) is 11.5. The summed E-state index contributed by atoms with van der Waals surface area (Å²) < 4.78 is 19.6. The van der Waals surface area contributed by atoms with Crippen molar-refractivity contribution in [1.82, 2.24) is 0 Å². The molecule has 4 aromatic carbocycles. The Balaban J connectivity index is 0. The maximum Gasteiger partial charge on any atom is 0.308 e. The van der Waals surface area contributed by atoms with Crippen LogP contribution < -0.4 is 14.2 Å². The van der Waals surface area contributed by atoms with E-state index in [1.807, 2.05) is 75.4 Å². The summed E-state index contributed by atoms with van der Waals surface area (Å²) in [6, 6.07) is 26.9. The molecule has 0 spiro atoms. The van der Waals surface area contributed by atoms with Gasteiger partial charge in [-0.05, 0) is 111 Å². The van der Waals surface area contributed by atoms with E-state index in [1.54, 1.807) is 56.5 Å². The molecular formula is C51H68O10. The fraction of sp³-hybridized carbons (Fsp3) is 0.294. The van der Waals surface area contributed by atoms with Gasteiger partial charge in [0.15, 0.2) is 0 Å². The van der Waals surface area contributed by atoms with Crippen LogP contribution in [0.2, 0.25) is 0 Å². The van der Waals surface area contributed by atoms with Gasteiger partial charge < -0.3 is 39.4 Å². The number of rotatable bonds is 13. The average molecular weight is 841 g/mol. The van der Waals surface area contributed by atoms with E-state index < -0.39 is 12.3 Å². The fourth-order valence-corrected chi connectivity index (χ4v) is 4.20. The van der Waals surface area contributed by atoms with Gasteiger partial charge in [-0.1, -0.05) is 108 Å². The molecule has 4 aromatic rings. The van der Waals surface area contributed by atoms with Crippen molar-refractivity contribution in [1.29, 1.82) is 0 Å². The molecule has 61 heavy (non-hydrogen) atoms. The Morgan fingerprint density at radius 3 is 1.62 bits per heavy atom. The summed E-state index contributed by atoms with van der Waals surface area (Å²) in [5.74, 6) is 2.40. The fourth-order valence-electron chi connectivity index (χ4n) is 4.20. The molecule has 0 aliphatic carbocycles. The lowest BCUT2D eigenvalue weighted by atomic mass is 9.93. The molecule has 4 rings (SSSR count). The minimum Gasteiger partial charge on any atom is -0.508 e. The number of carbonyl (C=O) groups is 2. The first-order chi connectivity index (χ1) is 28.9. The monoisotopic (exact) mass is 840 g/mol. The van der Waals surface area contributed by atoms with E-state index >= 15 is 0 Å². The zero-order valence-electron chi connectivity index (χ0n) is 37.6. The van der Waals surface area contributed by atoms with E-state index in [9.17, 15) is 19.8 Å². The van der Waals surface area contributed by atoms with Crippen molar-refractivity contribution in [3.05, 3.63) is 169 Å². The lowest BCUT2D eigenvalue weighted by Crippen LogP contribution is -2.15. The first-order valence-electron chi connectivity index (χ1n) is 19.7. The molecule has 0 aliphatic rings. The summed E-state index contributed by atoms with van der Waals surface area (Å²) in [5, 5.41) is 36.7. The van der Waals surface area contributed by atoms with Crippen molar-refractivity contribution in [2.75, 3.05) is 7.11 Å². The number of aliphatic hydroxyl groups excluding tert-OH is 1. The first-order valence-corrected chi connectivity index (χ1v) is 19.7. The van der Waals surface area contributed by atoms with Crippen LogP contribution in [-0.4, -0.2) is 52.4 Å². The van der Waals surface area contributed by atoms with Gasteiger partial charge in [0.2, 0.25) is 6.29 Å². The highest BCUT2D eigenvalue weighted by atomic mass is 16.6. The number of phenolic OH excluding ortho intramolecular Hbond substituents is 3. The van der Waals surface area contributed by atoms with Crippen molar-refractivity contribution in [2.45, 2.75) is 87.0 Å². The first kappa shape index (κ1) is 56.7. The largest absolute Gasteiger partial charge is 0.508 e. The van der Waals surface area contributed by atoms with E-state index in [-0.39, 0.29) is 29.3 Å². The van der Waals surface area contributed by atoms with E-state index in [2.05, 4.69) is 58.2 Å². The van der Waals surface area contributed by atoms with Crippen LogP contribution in [0.15, 0.2) is 158 Å². The third kappa shape index (κ3) is 30.4. The number of aliphatic hydroxyl groups is 1. The molecule has 10 nitrogen and oxygen atoms in total. The van der Waals surface area contributed by atoms with Gasteiger partial charge in [-0.2, -0.15) is 0 Å². The van der Waals surface area contributed by atoms with Crippen LogP contribution in [0.1, 0.15) is 85.8 Å². The Labute approximate surface area is 364 Å². The van der Waals surface area contributed by atoms with Gasteiger partial charge in [-0.3, -0.25) is 9.59 Å². The Morgan fingerprint density at radius 2 is 1.21 bits per heavy atom. The van der Waals surface area contributed by atoms with Gasteiger partial charge in [0, 0.05) is 32.1 Å². The van der Waals surface area contributed by atoms with Crippen molar-refractivity contribution in [3.8, 4) is 34.5 Å². The molecule has 3 atom stereocenters. The predicted molar refractivity (Wildman–Crippen MR) is 248 cm³/mol. The van der Waals surface area contributed by atoms with E-state index in [1.165, 1.54) is 36.8 Å². The topological polar surface area (TPSA) is 152 Å². The number of benzene rings is 4. The standard InChI is InChI=1S/C18H20O3.C11H18O.C8H8O3.C7H6O3.C4H10.C3H6/c1-12(2)18(20)21-17-10-6-15(7-11-17)13(3)14-4-8-16(19)9-5-14;1-5-7-8-11(6-2)9-10(3)12-4;1-6(9)11-8-4-2-3-7(10)5-8;8-5-10-7-3-1-2-6(9)4-7;1-4(2)3;1-3-2/h4-11,13,18-20H,1H2,2-3H3;5-8,10H,2,9H2,1,3-4H3;2-5,10H,1H3;1-5,9H;4H,1-3H3;3H,1H2,2H3/b;7-5-,11-8+;;;;. The predicted octanol–water partition coefficient (Wildman–Crippen LogP) is 12.0. The molecule has 4 N–H and O–H groups in total. The number of hydrogen-bond acceptors (Lipinski definition) is 10. The second-order valence-corrected chi connectivity index (χ2v) is 13.9. The molecule has 0 saturated carbocycles. The number of esters is 1.